The van der Waals surface area contributed by atoms with Gasteiger partial charge >= 0.3 is 6.18 Å². The first kappa shape index (κ1) is 23.6. The maximum Gasteiger partial charge on any atom is 0.416 e. The zero-order valence-corrected chi connectivity index (χ0v) is 18.9. The third kappa shape index (κ3) is 5.35. The van der Waals surface area contributed by atoms with E-state index in [1.165, 1.54) is 19.6 Å². The van der Waals surface area contributed by atoms with E-state index in [4.69, 9.17) is 4.74 Å². The third-order valence-electron chi connectivity index (χ3n) is 6.94. The van der Waals surface area contributed by atoms with Crippen molar-refractivity contribution < 1.29 is 22.7 Å². The van der Waals surface area contributed by atoms with E-state index in [-0.39, 0.29) is 30.5 Å². The molecule has 2 unspecified atom stereocenters. The molecule has 1 saturated heterocycles. The van der Waals surface area contributed by atoms with Crippen LogP contribution in [0.25, 0.3) is 0 Å². The van der Waals surface area contributed by atoms with Crippen LogP contribution in [-0.4, -0.2) is 30.5 Å². The minimum absolute atomic E-state index is 0.0563. The predicted molar refractivity (Wildman–Crippen MR) is 121 cm³/mol. The molecule has 2 fully saturated rings. The second kappa shape index (κ2) is 10.2. The molecule has 1 heterocycles. The summed E-state index contributed by atoms with van der Waals surface area (Å²) in [5, 5.41) is 3.45. The Morgan fingerprint density at radius 2 is 1.79 bits per heavy atom. The first-order valence-corrected chi connectivity index (χ1v) is 11.7. The predicted octanol–water partition coefficient (Wildman–Crippen LogP) is 5.73. The van der Waals surface area contributed by atoms with Gasteiger partial charge in [-0.05, 0) is 43.0 Å². The number of ether oxygens (including phenoxy) is 1. The van der Waals surface area contributed by atoms with Crippen molar-refractivity contribution in [2.24, 2.45) is 5.92 Å². The Hall–Kier alpha value is -2.54. The molecule has 1 amide bonds. The van der Waals surface area contributed by atoms with Crippen molar-refractivity contribution in [3.8, 4) is 5.75 Å². The normalized spacial score (nSPS) is 21.9. The van der Waals surface area contributed by atoms with Gasteiger partial charge in [0.15, 0.2) is 0 Å². The summed E-state index contributed by atoms with van der Waals surface area (Å²) in [6.07, 6.45) is 1.60. The van der Waals surface area contributed by atoms with Crippen LogP contribution in [0.1, 0.15) is 61.3 Å². The molecule has 1 N–H and O–H groups in total. The van der Waals surface area contributed by atoms with Crippen molar-refractivity contribution >= 4 is 5.91 Å². The van der Waals surface area contributed by atoms with Crippen molar-refractivity contribution in [1.82, 2.24) is 10.2 Å². The Morgan fingerprint density at radius 3 is 2.45 bits per heavy atom. The van der Waals surface area contributed by atoms with Crippen molar-refractivity contribution in [3.63, 3.8) is 0 Å². The molecular formula is C26H31F3N2O2. The molecule has 4 nitrogen and oxygen atoms in total. The molecular weight excluding hydrogens is 429 g/mol. The van der Waals surface area contributed by atoms with E-state index < -0.39 is 11.7 Å². The summed E-state index contributed by atoms with van der Waals surface area (Å²) in [4.78, 5) is 15.4. The fraction of sp³-hybridized carbons (Fsp3) is 0.500. The molecule has 2 aromatic carbocycles. The van der Waals surface area contributed by atoms with E-state index in [0.717, 1.165) is 49.8 Å². The van der Waals surface area contributed by atoms with Gasteiger partial charge in [-0.1, -0.05) is 49.6 Å². The molecule has 0 aromatic heterocycles. The lowest BCUT2D eigenvalue weighted by Gasteiger charge is -2.33. The highest BCUT2D eigenvalue weighted by atomic mass is 19.4. The fourth-order valence-corrected chi connectivity index (χ4v) is 5.23. The van der Waals surface area contributed by atoms with Crippen LogP contribution < -0.4 is 10.1 Å². The number of hydrogen-bond donors (Lipinski definition) is 1. The van der Waals surface area contributed by atoms with Crippen LogP contribution in [-0.2, 0) is 17.5 Å². The Bertz CT molecular complexity index is 942. The third-order valence-corrected chi connectivity index (χ3v) is 6.94. The fourth-order valence-electron chi connectivity index (χ4n) is 5.23. The number of nitrogens with one attached hydrogen (secondary N) is 1. The van der Waals surface area contributed by atoms with Crippen LogP contribution in [0.15, 0.2) is 48.5 Å². The van der Waals surface area contributed by atoms with Gasteiger partial charge in [-0.3, -0.25) is 4.79 Å². The quantitative estimate of drug-likeness (QED) is 0.599. The first-order chi connectivity index (χ1) is 15.9. The summed E-state index contributed by atoms with van der Waals surface area (Å²) >= 11 is 0. The van der Waals surface area contributed by atoms with E-state index in [9.17, 15) is 18.0 Å². The lowest BCUT2D eigenvalue weighted by Crippen LogP contribution is -2.41. The molecule has 0 bridgehead atoms. The highest BCUT2D eigenvalue weighted by Gasteiger charge is 2.40. The number of likely N-dealkylation sites (tertiary alicyclic amines) is 1. The van der Waals surface area contributed by atoms with Gasteiger partial charge in [-0.15, -0.1) is 0 Å². The molecule has 0 spiro atoms. The van der Waals surface area contributed by atoms with Crippen LogP contribution in [0.5, 0.6) is 5.75 Å². The van der Waals surface area contributed by atoms with Gasteiger partial charge in [0.1, 0.15) is 5.75 Å². The molecule has 33 heavy (non-hydrogen) atoms. The van der Waals surface area contributed by atoms with E-state index in [0.29, 0.717) is 17.9 Å². The van der Waals surface area contributed by atoms with Crippen molar-refractivity contribution in [3.05, 3.63) is 65.2 Å². The zero-order valence-electron chi connectivity index (χ0n) is 18.9. The number of carbonyl (C=O) groups is 1. The van der Waals surface area contributed by atoms with Gasteiger partial charge in [0, 0.05) is 30.6 Å². The topological polar surface area (TPSA) is 41.6 Å². The molecule has 1 saturated carbocycles. The maximum atomic E-state index is 13.4. The summed E-state index contributed by atoms with van der Waals surface area (Å²) < 4.78 is 45.0. The van der Waals surface area contributed by atoms with E-state index in [2.05, 4.69) is 5.32 Å². The SMILES string of the molecule is COc1ccc(C(F)(F)F)cc1CNC1CCN(C(=O)C2CCCCC2)C1c1ccccc1. The van der Waals surface area contributed by atoms with E-state index >= 15 is 0 Å². The molecule has 1 aliphatic carbocycles. The van der Waals surface area contributed by atoms with E-state index in [1.54, 1.807) is 0 Å². The Balaban J connectivity index is 1.55. The van der Waals surface area contributed by atoms with Gasteiger partial charge in [0.2, 0.25) is 5.91 Å². The number of hydrogen-bond acceptors (Lipinski definition) is 3. The lowest BCUT2D eigenvalue weighted by molar-refractivity contribution is -0.138. The average Bonchev–Trinajstić information content (AvgIpc) is 3.26. The number of benzene rings is 2. The second-order valence-electron chi connectivity index (χ2n) is 9.02. The molecule has 1 aliphatic heterocycles. The lowest BCUT2D eigenvalue weighted by atomic mass is 9.87. The number of rotatable bonds is 6. The molecule has 2 atom stereocenters. The Kier molecular flexibility index (Phi) is 7.27. The average molecular weight is 461 g/mol. The van der Waals surface area contributed by atoms with Crippen LogP contribution in [0.4, 0.5) is 13.2 Å². The molecule has 178 valence electrons. The highest BCUT2D eigenvalue weighted by molar-refractivity contribution is 5.80. The second-order valence-corrected chi connectivity index (χ2v) is 9.02. The summed E-state index contributed by atoms with van der Waals surface area (Å²) in [7, 11) is 1.46. The summed E-state index contributed by atoms with van der Waals surface area (Å²) in [6, 6.07) is 13.3. The van der Waals surface area contributed by atoms with Crippen LogP contribution in [0.2, 0.25) is 0 Å². The smallest absolute Gasteiger partial charge is 0.416 e. The molecule has 0 radical (unpaired) electrons. The Labute approximate surface area is 193 Å². The van der Waals surface area contributed by atoms with Gasteiger partial charge in [0.05, 0.1) is 18.7 Å². The molecule has 4 rings (SSSR count). The standard InChI is InChI=1S/C26H31F3N2O2/c1-33-23-13-12-21(26(27,28)29)16-20(23)17-30-22-14-15-31(24(22)18-8-4-2-5-9-18)25(32)19-10-6-3-7-11-19/h2,4-5,8-9,12-13,16,19,22,24,30H,3,6-7,10-11,14-15,17H2,1H3. The van der Waals surface area contributed by atoms with E-state index in [1.807, 2.05) is 35.2 Å². The van der Waals surface area contributed by atoms with Gasteiger partial charge < -0.3 is 15.0 Å². The summed E-state index contributed by atoms with van der Waals surface area (Å²) in [5.74, 6) is 0.705. The van der Waals surface area contributed by atoms with Gasteiger partial charge in [-0.25, -0.2) is 0 Å². The largest absolute Gasteiger partial charge is 0.496 e. The number of alkyl halides is 3. The monoisotopic (exact) mass is 460 g/mol. The van der Waals surface area contributed by atoms with Gasteiger partial charge in [0.25, 0.3) is 0 Å². The van der Waals surface area contributed by atoms with Crippen molar-refractivity contribution in [1.29, 1.82) is 0 Å². The number of carbonyl (C=O) groups excluding carboxylic acids is 1. The van der Waals surface area contributed by atoms with Gasteiger partial charge in [-0.2, -0.15) is 13.2 Å². The minimum Gasteiger partial charge on any atom is -0.496 e. The number of methoxy groups -OCH3 is 1. The van der Waals surface area contributed by atoms with Crippen LogP contribution >= 0.6 is 0 Å². The first-order valence-electron chi connectivity index (χ1n) is 11.7. The van der Waals surface area contributed by atoms with Crippen molar-refractivity contribution in [2.75, 3.05) is 13.7 Å². The highest BCUT2D eigenvalue weighted by Crippen LogP contribution is 2.37. The zero-order chi connectivity index (χ0) is 23.4. The molecule has 7 heteroatoms. The number of halogens is 3. The summed E-state index contributed by atoms with van der Waals surface area (Å²) in [5.41, 5.74) is 0.809. The minimum atomic E-state index is -4.41. The molecule has 2 aliphatic rings. The van der Waals surface area contributed by atoms with Crippen molar-refractivity contribution in [2.45, 2.75) is 63.3 Å². The maximum absolute atomic E-state index is 13.4. The number of amides is 1. The summed E-state index contributed by atoms with van der Waals surface area (Å²) in [6.45, 7) is 0.874. The van der Waals surface area contributed by atoms with Crippen LogP contribution in [0.3, 0.4) is 0 Å². The van der Waals surface area contributed by atoms with Crippen LogP contribution in [0, 0.1) is 5.92 Å². The molecule has 2 aromatic rings. The Morgan fingerprint density at radius 1 is 1.06 bits per heavy atom. The number of nitrogens with zero attached hydrogens (tertiary/aromatic N) is 1.